The monoisotopic (exact) mass is 189 g/mol. The first kappa shape index (κ1) is 9.72. The van der Waals surface area contributed by atoms with E-state index in [-0.39, 0.29) is 0 Å². The van der Waals surface area contributed by atoms with Gasteiger partial charge in [0.2, 0.25) is 0 Å². The highest BCUT2D eigenvalue weighted by molar-refractivity contribution is 5.42. The summed E-state index contributed by atoms with van der Waals surface area (Å²) in [7, 11) is 0. The predicted molar refractivity (Wildman–Crippen MR) is 60.6 cm³/mol. The number of nitrogens with two attached hydrogens (primary N) is 1. The van der Waals surface area contributed by atoms with Crippen LogP contribution in [0.2, 0.25) is 0 Å². The first-order valence-electron chi connectivity index (χ1n) is 5.45. The number of benzene rings is 1. The third-order valence-corrected chi connectivity index (χ3v) is 3.81. The fourth-order valence-corrected chi connectivity index (χ4v) is 2.69. The molecule has 0 heterocycles. The van der Waals surface area contributed by atoms with Gasteiger partial charge in [-0.25, -0.2) is 0 Å². The second-order valence-corrected chi connectivity index (χ2v) is 4.62. The summed E-state index contributed by atoms with van der Waals surface area (Å²) in [6.45, 7) is 7.56. The molecule has 1 heteroatoms. The molecule has 1 aliphatic carbocycles. The lowest BCUT2D eigenvalue weighted by molar-refractivity contribution is 0.447. The maximum atomic E-state index is 5.85. The Balaban J connectivity index is 2.50. The van der Waals surface area contributed by atoms with E-state index in [1.807, 2.05) is 0 Å². The molecule has 2 N–H and O–H groups in total. The number of aryl methyl sites for hydroxylation is 1. The molecule has 0 saturated carbocycles. The van der Waals surface area contributed by atoms with Gasteiger partial charge < -0.3 is 5.73 Å². The SMILES string of the molecule is Cc1ccc2c(c1)C(CN)C(C)C2C. The Morgan fingerprint density at radius 3 is 2.57 bits per heavy atom. The van der Waals surface area contributed by atoms with Crippen molar-refractivity contribution in [2.24, 2.45) is 11.7 Å². The van der Waals surface area contributed by atoms with E-state index in [9.17, 15) is 0 Å². The molecule has 0 aliphatic heterocycles. The van der Waals surface area contributed by atoms with E-state index in [0.29, 0.717) is 17.8 Å². The Kier molecular flexibility index (Phi) is 2.36. The van der Waals surface area contributed by atoms with Crippen molar-refractivity contribution < 1.29 is 0 Å². The van der Waals surface area contributed by atoms with Crippen LogP contribution in [0.4, 0.5) is 0 Å². The molecule has 76 valence electrons. The van der Waals surface area contributed by atoms with Crippen LogP contribution in [0.5, 0.6) is 0 Å². The van der Waals surface area contributed by atoms with Gasteiger partial charge in [-0.2, -0.15) is 0 Å². The minimum absolute atomic E-state index is 0.569. The van der Waals surface area contributed by atoms with Crippen molar-refractivity contribution >= 4 is 0 Å². The molecule has 1 aliphatic rings. The van der Waals surface area contributed by atoms with Crippen molar-refractivity contribution in [3.63, 3.8) is 0 Å². The highest BCUT2D eigenvalue weighted by atomic mass is 14.6. The maximum absolute atomic E-state index is 5.85. The minimum atomic E-state index is 0.569. The maximum Gasteiger partial charge on any atom is -0.000452 e. The van der Waals surface area contributed by atoms with E-state index in [1.165, 1.54) is 16.7 Å². The fourth-order valence-electron chi connectivity index (χ4n) is 2.69. The van der Waals surface area contributed by atoms with E-state index < -0.39 is 0 Å². The molecule has 1 aromatic carbocycles. The number of hydrogen-bond acceptors (Lipinski definition) is 1. The second kappa shape index (κ2) is 3.39. The molecule has 3 unspecified atom stereocenters. The van der Waals surface area contributed by atoms with Crippen LogP contribution < -0.4 is 5.73 Å². The highest BCUT2D eigenvalue weighted by Gasteiger charge is 2.33. The molecule has 1 aromatic rings. The largest absolute Gasteiger partial charge is 0.330 e. The lowest BCUT2D eigenvalue weighted by Crippen LogP contribution is -2.16. The van der Waals surface area contributed by atoms with Crippen LogP contribution in [0.25, 0.3) is 0 Å². The predicted octanol–water partition coefficient (Wildman–Crippen LogP) is 2.79. The fraction of sp³-hybridized carbons (Fsp3) is 0.538. The zero-order chi connectivity index (χ0) is 10.3. The van der Waals surface area contributed by atoms with E-state index in [4.69, 9.17) is 5.73 Å². The van der Waals surface area contributed by atoms with Gasteiger partial charge in [0.05, 0.1) is 0 Å². The van der Waals surface area contributed by atoms with Crippen molar-refractivity contribution in [1.29, 1.82) is 0 Å². The third-order valence-electron chi connectivity index (χ3n) is 3.81. The van der Waals surface area contributed by atoms with Gasteiger partial charge in [0, 0.05) is 0 Å². The van der Waals surface area contributed by atoms with E-state index in [2.05, 4.69) is 39.0 Å². The topological polar surface area (TPSA) is 26.0 Å². The van der Waals surface area contributed by atoms with Gasteiger partial charge in [-0.15, -0.1) is 0 Å². The molecule has 0 amide bonds. The average Bonchev–Trinajstić information content (AvgIpc) is 2.39. The number of rotatable bonds is 1. The Morgan fingerprint density at radius 1 is 1.21 bits per heavy atom. The molecule has 0 aromatic heterocycles. The van der Waals surface area contributed by atoms with Crippen molar-refractivity contribution in [1.82, 2.24) is 0 Å². The minimum Gasteiger partial charge on any atom is -0.330 e. The molecular formula is C13H19N. The first-order valence-corrected chi connectivity index (χ1v) is 5.45. The van der Waals surface area contributed by atoms with Crippen LogP contribution in [0.1, 0.15) is 42.4 Å². The normalized spacial score (nSPS) is 30.4. The lowest BCUT2D eigenvalue weighted by Gasteiger charge is -2.16. The van der Waals surface area contributed by atoms with Gasteiger partial charge in [0.25, 0.3) is 0 Å². The smallest absolute Gasteiger partial charge is 0.000452 e. The summed E-state index contributed by atoms with van der Waals surface area (Å²) in [4.78, 5) is 0. The van der Waals surface area contributed by atoms with Gasteiger partial charge in [0.15, 0.2) is 0 Å². The summed E-state index contributed by atoms with van der Waals surface area (Å²) in [6, 6.07) is 6.80. The molecule has 14 heavy (non-hydrogen) atoms. The van der Waals surface area contributed by atoms with Crippen LogP contribution in [0.3, 0.4) is 0 Å². The summed E-state index contributed by atoms with van der Waals surface area (Å²) in [5, 5.41) is 0. The highest BCUT2D eigenvalue weighted by Crippen LogP contribution is 2.45. The van der Waals surface area contributed by atoms with Crippen molar-refractivity contribution in [3.05, 3.63) is 34.9 Å². The lowest BCUT2D eigenvalue weighted by atomic mass is 9.90. The summed E-state index contributed by atoms with van der Waals surface area (Å²) in [5.74, 6) is 1.93. The Bertz CT molecular complexity index is 343. The molecule has 0 spiro atoms. The van der Waals surface area contributed by atoms with Gasteiger partial charge in [-0.05, 0) is 42.3 Å². The standard InChI is InChI=1S/C13H19N/c1-8-4-5-11-9(2)10(3)13(7-14)12(11)6-8/h4-6,9-10,13H,7,14H2,1-3H3. The van der Waals surface area contributed by atoms with Crippen LogP contribution in [-0.2, 0) is 0 Å². The van der Waals surface area contributed by atoms with Crippen molar-refractivity contribution in [2.45, 2.75) is 32.6 Å². The van der Waals surface area contributed by atoms with Gasteiger partial charge >= 0.3 is 0 Å². The summed E-state index contributed by atoms with van der Waals surface area (Å²) >= 11 is 0. The van der Waals surface area contributed by atoms with Crippen LogP contribution in [-0.4, -0.2) is 6.54 Å². The summed E-state index contributed by atoms with van der Waals surface area (Å²) < 4.78 is 0. The van der Waals surface area contributed by atoms with Gasteiger partial charge in [-0.1, -0.05) is 37.6 Å². The molecule has 1 nitrogen and oxygen atoms in total. The molecular weight excluding hydrogens is 170 g/mol. The number of hydrogen-bond donors (Lipinski definition) is 1. The Morgan fingerprint density at radius 2 is 1.93 bits per heavy atom. The van der Waals surface area contributed by atoms with Crippen LogP contribution in [0.15, 0.2) is 18.2 Å². The number of fused-ring (bicyclic) bond motifs is 1. The third kappa shape index (κ3) is 1.27. The van der Waals surface area contributed by atoms with Gasteiger partial charge in [0.1, 0.15) is 0 Å². The molecule has 0 saturated heterocycles. The molecule has 0 radical (unpaired) electrons. The van der Waals surface area contributed by atoms with Crippen molar-refractivity contribution in [3.8, 4) is 0 Å². The average molecular weight is 189 g/mol. The second-order valence-electron chi connectivity index (χ2n) is 4.62. The van der Waals surface area contributed by atoms with E-state index in [0.717, 1.165) is 6.54 Å². The molecule has 0 bridgehead atoms. The quantitative estimate of drug-likeness (QED) is 0.722. The van der Waals surface area contributed by atoms with Crippen molar-refractivity contribution in [2.75, 3.05) is 6.54 Å². The van der Waals surface area contributed by atoms with Crippen LogP contribution in [0, 0.1) is 12.8 Å². The van der Waals surface area contributed by atoms with Gasteiger partial charge in [-0.3, -0.25) is 0 Å². The van der Waals surface area contributed by atoms with E-state index in [1.54, 1.807) is 0 Å². The molecule has 3 atom stereocenters. The van der Waals surface area contributed by atoms with E-state index >= 15 is 0 Å². The Labute approximate surface area is 86.3 Å². The summed E-state index contributed by atoms with van der Waals surface area (Å²) in [6.07, 6.45) is 0. The molecule has 0 fully saturated rings. The Hall–Kier alpha value is -0.820. The summed E-state index contributed by atoms with van der Waals surface area (Å²) in [5.41, 5.74) is 10.2. The van der Waals surface area contributed by atoms with Crippen LogP contribution >= 0.6 is 0 Å². The first-order chi connectivity index (χ1) is 6.65. The zero-order valence-electron chi connectivity index (χ0n) is 9.25. The molecule has 2 rings (SSSR count). The zero-order valence-corrected chi connectivity index (χ0v) is 9.25.